The van der Waals surface area contributed by atoms with Gasteiger partial charge in [-0.15, -0.1) is 0 Å². The summed E-state index contributed by atoms with van der Waals surface area (Å²) >= 11 is 0. The van der Waals surface area contributed by atoms with Gasteiger partial charge in [-0.25, -0.2) is 0 Å². The fourth-order valence-electron chi connectivity index (χ4n) is 4.56. The standard InChI is InChI=1S/C22H27NO/c1-17-3-6-19-9-10-22(21(19)15-17)11-13-23(14-12-22)16-18-4-7-20(24-2)8-5-18/h3-8,15H,9-14,16H2,1-2H3. The molecule has 1 saturated heterocycles. The van der Waals surface area contributed by atoms with Crippen LogP contribution in [0.5, 0.6) is 5.75 Å². The third-order valence-corrected chi connectivity index (χ3v) is 6.09. The second-order valence-electron chi connectivity index (χ2n) is 7.57. The summed E-state index contributed by atoms with van der Waals surface area (Å²) in [5.41, 5.74) is 6.51. The average Bonchev–Trinajstić information content (AvgIpc) is 2.96. The van der Waals surface area contributed by atoms with Crippen LogP contribution in [-0.4, -0.2) is 25.1 Å². The van der Waals surface area contributed by atoms with Gasteiger partial charge in [-0.2, -0.15) is 0 Å². The first kappa shape index (κ1) is 15.7. The Hall–Kier alpha value is -1.80. The Kier molecular flexibility index (Phi) is 4.09. The number of rotatable bonds is 3. The van der Waals surface area contributed by atoms with Gasteiger partial charge in [0.25, 0.3) is 0 Å². The van der Waals surface area contributed by atoms with E-state index in [1.54, 1.807) is 18.2 Å². The molecule has 1 aliphatic heterocycles. The van der Waals surface area contributed by atoms with E-state index in [2.05, 4.69) is 54.3 Å². The Balaban J connectivity index is 1.43. The molecule has 0 unspecified atom stereocenters. The lowest BCUT2D eigenvalue weighted by atomic mass is 9.73. The van der Waals surface area contributed by atoms with E-state index in [1.165, 1.54) is 49.9 Å². The molecule has 1 fully saturated rings. The minimum absolute atomic E-state index is 0.456. The first-order valence-electron chi connectivity index (χ1n) is 9.14. The van der Waals surface area contributed by atoms with Crippen LogP contribution in [0.1, 0.15) is 41.5 Å². The Morgan fingerprint density at radius 1 is 1.00 bits per heavy atom. The van der Waals surface area contributed by atoms with Gasteiger partial charge in [0, 0.05) is 6.54 Å². The summed E-state index contributed by atoms with van der Waals surface area (Å²) in [5, 5.41) is 0. The first-order valence-corrected chi connectivity index (χ1v) is 9.14. The second-order valence-corrected chi connectivity index (χ2v) is 7.57. The van der Waals surface area contributed by atoms with Gasteiger partial charge in [-0.3, -0.25) is 4.90 Å². The van der Waals surface area contributed by atoms with E-state index in [4.69, 9.17) is 4.74 Å². The molecular weight excluding hydrogens is 294 g/mol. The Labute approximate surface area is 145 Å². The molecule has 0 saturated carbocycles. The highest BCUT2D eigenvalue weighted by Gasteiger charge is 2.40. The fourth-order valence-corrected chi connectivity index (χ4v) is 4.56. The summed E-state index contributed by atoms with van der Waals surface area (Å²) in [6.45, 7) is 5.70. The van der Waals surface area contributed by atoms with E-state index in [1.807, 2.05) is 0 Å². The molecule has 0 aromatic heterocycles. The SMILES string of the molecule is COc1ccc(CN2CCC3(CCc4ccc(C)cc43)CC2)cc1. The smallest absolute Gasteiger partial charge is 0.118 e. The van der Waals surface area contributed by atoms with Crippen molar-refractivity contribution in [3.05, 3.63) is 64.7 Å². The molecule has 2 heteroatoms. The number of benzene rings is 2. The zero-order valence-electron chi connectivity index (χ0n) is 14.8. The topological polar surface area (TPSA) is 12.5 Å². The van der Waals surface area contributed by atoms with Crippen molar-refractivity contribution in [2.24, 2.45) is 0 Å². The number of hydrogen-bond acceptors (Lipinski definition) is 2. The molecule has 0 N–H and O–H groups in total. The maximum Gasteiger partial charge on any atom is 0.118 e. The number of fused-ring (bicyclic) bond motifs is 2. The van der Waals surface area contributed by atoms with Gasteiger partial charge in [0.1, 0.15) is 5.75 Å². The predicted molar refractivity (Wildman–Crippen MR) is 98.7 cm³/mol. The van der Waals surface area contributed by atoms with Crippen LogP contribution in [0, 0.1) is 6.92 Å². The van der Waals surface area contributed by atoms with E-state index in [-0.39, 0.29) is 0 Å². The van der Waals surface area contributed by atoms with Crippen molar-refractivity contribution in [1.82, 2.24) is 4.90 Å². The number of likely N-dealkylation sites (tertiary alicyclic amines) is 1. The normalized spacial score (nSPS) is 19.4. The van der Waals surface area contributed by atoms with Crippen molar-refractivity contribution in [2.75, 3.05) is 20.2 Å². The number of hydrogen-bond donors (Lipinski definition) is 0. The lowest BCUT2D eigenvalue weighted by Gasteiger charge is -2.40. The summed E-state index contributed by atoms with van der Waals surface area (Å²) in [6.07, 6.45) is 5.23. The van der Waals surface area contributed by atoms with Crippen LogP contribution in [-0.2, 0) is 18.4 Å². The molecule has 0 atom stereocenters. The molecule has 2 nitrogen and oxygen atoms in total. The Morgan fingerprint density at radius 3 is 2.46 bits per heavy atom. The van der Waals surface area contributed by atoms with Crippen LogP contribution >= 0.6 is 0 Å². The van der Waals surface area contributed by atoms with Gasteiger partial charge in [0.15, 0.2) is 0 Å². The second kappa shape index (κ2) is 6.25. The quantitative estimate of drug-likeness (QED) is 0.826. The monoisotopic (exact) mass is 321 g/mol. The molecule has 1 aliphatic carbocycles. The van der Waals surface area contributed by atoms with E-state index in [9.17, 15) is 0 Å². The maximum absolute atomic E-state index is 5.25. The van der Waals surface area contributed by atoms with Crippen LogP contribution in [0.15, 0.2) is 42.5 Å². The van der Waals surface area contributed by atoms with Crippen molar-refractivity contribution in [2.45, 2.75) is 44.6 Å². The summed E-state index contributed by atoms with van der Waals surface area (Å²) < 4.78 is 5.25. The summed E-state index contributed by atoms with van der Waals surface area (Å²) in [5.74, 6) is 0.939. The lowest BCUT2D eigenvalue weighted by molar-refractivity contribution is 0.152. The number of methoxy groups -OCH3 is 1. The average molecular weight is 321 g/mol. The van der Waals surface area contributed by atoms with E-state index in [0.717, 1.165) is 12.3 Å². The number of aryl methyl sites for hydroxylation is 2. The zero-order chi connectivity index (χ0) is 16.6. The highest BCUT2D eigenvalue weighted by molar-refractivity contribution is 5.42. The van der Waals surface area contributed by atoms with Gasteiger partial charge in [-0.05, 0) is 79.9 Å². The van der Waals surface area contributed by atoms with Crippen molar-refractivity contribution in [3.8, 4) is 5.75 Å². The van der Waals surface area contributed by atoms with Gasteiger partial charge < -0.3 is 4.74 Å². The summed E-state index contributed by atoms with van der Waals surface area (Å²) in [6, 6.07) is 15.6. The van der Waals surface area contributed by atoms with Crippen molar-refractivity contribution in [1.29, 1.82) is 0 Å². The van der Waals surface area contributed by atoms with Crippen molar-refractivity contribution >= 4 is 0 Å². The van der Waals surface area contributed by atoms with Crippen LogP contribution in [0.2, 0.25) is 0 Å². The highest BCUT2D eigenvalue weighted by atomic mass is 16.5. The largest absolute Gasteiger partial charge is 0.497 e. The molecule has 2 aromatic carbocycles. The molecular formula is C22H27NO. The molecule has 0 radical (unpaired) electrons. The lowest BCUT2D eigenvalue weighted by Crippen LogP contribution is -2.41. The summed E-state index contributed by atoms with van der Waals surface area (Å²) in [7, 11) is 1.72. The van der Waals surface area contributed by atoms with Crippen molar-refractivity contribution < 1.29 is 4.74 Å². The molecule has 0 bridgehead atoms. The molecule has 2 aromatic rings. The Morgan fingerprint density at radius 2 is 1.75 bits per heavy atom. The third kappa shape index (κ3) is 2.84. The number of nitrogens with zero attached hydrogens (tertiary/aromatic N) is 1. The molecule has 24 heavy (non-hydrogen) atoms. The molecule has 0 amide bonds. The maximum atomic E-state index is 5.25. The Bertz CT molecular complexity index is 711. The van der Waals surface area contributed by atoms with Crippen LogP contribution in [0.3, 0.4) is 0 Å². The summed E-state index contributed by atoms with van der Waals surface area (Å²) in [4.78, 5) is 2.61. The van der Waals surface area contributed by atoms with Crippen molar-refractivity contribution in [3.63, 3.8) is 0 Å². The van der Waals surface area contributed by atoms with Gasteiger partial charge in [0.05, 0.1) is 7.11 Å². The molecule has 126 valence electrons. The van der Waals surface area contributed by atoms with Gasteiger partial charge >= 0.3 is 0 Å². The number of piperidine rings is 1. The highest BCUT2D eigenvalue weighted by Crippen LogP contribution is 2.46. The number of ether oxygens (including phenoxy) is 1. The molecule has 1 spiro atoms. The van der Waals surface area contributed by atoms with Crippen LogP contribution < -0.4 is 4.74 Å². The predicted octanol–water partition coefficient (Wildman–Crippen LogP) is 4.48. The van der Waals surface area contributed by atoms with Crippen LogP contribution in [0.25, 0.3) is 0 Å². The minimum atomic E-state index is 0.456. The fraction of sp³-hybridized carbons (Fsp3) is 0.455. The van der Waals surface area contributed by atoms with E-state index < -0.39 is 0 Å². The van der Waals surface area contributed by atoms with Gasteiger partial charge in [0.2, 0.25) is 0 Å². The van der Waals surface area contributed by atoms with Crippen LogP contribution in [0.4, 0.5) is 0 Å². The minimum Gasteiger partial charge on any atom is -0.497 e. The third-order valence-electron chi connectivity index (χ3n) is 6.09. The molecule has 2 aliphatic rings. The van der Waals surface area contributed by atoms with E-state index in [0.29, 0.717) is 5.41 Å². The first-order chi connectivity index (χ1) is 11.7. The van der Waals surface area contributed by atoms with E-state index >= 15 is 0 Å². The molecule has 4 rings (SSSR count). The molecule has 1 heterocycles. The zero-order valence-corrected chi connectivity index (χ0v) is 14.8. The van der Waals surface area contributed by atoms with Gasteiger partial charge in [-0.1, -0.05) is 35.9 Å².